The third-order valence-corrected chi connectivity index (χ3v) is 3.99. The average molecular weight is 277 g/mol. The summed E-state index contributed by atoms with van der Waals surface area (Å²) in [5.41, 5.74) is 2.61. The van der Waals surface area contributed by atoms with Crippen LogP contribution in [-0.4, -0.2) is 30.3 Å². The summed E-state index contributed by atoms with van der Waals surface area (Å²) in [4.78, 5) is 11.3. The second-order valence-electron chi connectivity index (χ2n) is 5.80. The van der Waals surface area contributed by atoms with E-state index in [-0.39, 0.29) is 12.0 Å². The van der Waals surface area contributed by atoms with Crippen LogP contribution in [0.25, 0.3) is 0 Å². The topological polar surface area (TPSA) is 58.6 Å². The minimum atomic E-state index is -0.767. The van der Waals surface area contributed by atoms with Crippen molar-refractivity contribution in [1.82, 2.24) is 5.32 Å². The molecule has 4 nitrogen and oxygen atoms in total. The second-order valence-corrected chi connectivity index (χ2v) is 5.80. The normalized spacial score (nSPS) is 19.5. The molecular weight excluding hydrogens is 254 g/mol. The fourth-order valence-electron chi connectivity index (χ4n) is 2.81. The van der Waals surface area contributed by atoms with Crippen molar-refractivity contribution in [3.8, 4) is 5.75 Å². The zero-order valence-electron chi connectivity index (χ0n) is 12.3. The van der Waals surface area contributed by atoms with Gasteiger partial charge in [-0.15, -0.1) is 0 Å². The molecule has 1 aliphatic rings. The molecule has 0 aliphatic heterocycles. The molecule has 0 heterocycles. The van der Waals surface area contributed by atoms with Crippen molar-refractivity contribution in [2.24, 2.45) is 5.92 Å². The zero-order valence-corrected chi connectivity index (χ0v) is 12.3. The van der Waals surface area contributed by atoms with Gasteiger partial charge in [0.15, 0.2) is 0 Å². The van der Waals surface area contributed by atoms with Crippen LogP contribution in [-0.2, 0) is 17.6 Å². The van der Waals surface area contributed by atoms with Crippen LogP contribution in [0, 0.1) is 5.92 Å². The Morgan fingerprint density at radius 3 is 2.75 bits per heavy atom. The van der Waals surface area contributed by atoms with E-state index < -0.39 is 12.0 Å². The molecule has 2 unspecified atom stereocenters. The van der Waals surface area contributed by atoms with E-state index in [1.165, 1.54) is 11.1 Å². The van der Waals surface area contributed by atoms with Crippen LogP contribution in [0.1, 0.15) is 31.4 Å². The quantitative estimate of drug-likeness (QED) is 0.866. The van der Waals surface area contributed by atoms with Gasteiger partial charge in [-0.25, -0.2) is 0 Å². The number of hydrogen-bond donors (Lipinski definition) is 2. The van der Waals surface area contributed by atoms with Crippen molar-refractivity contribution in [1.29, 1.82) is 0 Å². The van der Waals surface area contributed by atoms with Gasteiger partial charge in [0.05, 0.1) is 7.11 Å². The summed E-state index contributed by atoms with van der Waals surface area (Å²) in [6.07, 6.45) is 2.83. The highest BCUT2D eigenvalue weighted by Gasteiger charge is 2.27. The Labute approximate surface area is 120 Å². The molecule has 1 aromatic carbocycles. The van der Waals surface area contributed by atoms with Gasteiger partial charge in [-0.3, -0.25) is 4.79 Å². The minimum Gasteiger partial charge on any atom is -0.497 e. The number of rotatable bonds is 5. The third kappa shape index (κ3) is 3.31. The van der Waals surface area contributed by atoms with Crippen LogP contribution < -0.4 is 10.1 Å². The number of ether oxygens (including phenoxy) is 1. The summed E-state index contributed by atoms with van der Waals surface area (Å²) in [5, 5.41) is 12.6. The number of nitrogens with one attached hydrogen (secondary N) is 1. The SMILES string of the molecule is COc1ccc2c(c1)CC(NC(C(=O)O)C(C)C)CC2. The van der Waals surface area contributed by atoms with Gasteiger partial charge in [0.25, 0.3) is 0 Å². The monoisotopic (exact) mass is 277 g/mol. The van der Waals surface area contributed by atoms with Gasteiger partial charge in [-0.2, -0.15) is 0 Å². The van der Waals surface area contributed by atoms with Crippen molar-refractivity contribution in [3.05, 3.63) is 29.3 Å². The van der Waals surface area contributed by atoms with Gasteiger partial charge < -0.3 is 15.2 Å². The smallest absolute Gasteiger partial charge is 0.320 e. The standard InChI is InChI=1S/C16H23NO3/c1-10(2)15(16(18)19)17-13-6-4-11-5-7-14(20-3)9-12(11)8-13/h5,7,9-10,13,15,17H,4,6,8H2,1-3H3,(H,18,19). The van der Waals surface area contributed by atoms with E-state index in [2.05, 4.69) is 17.4 Å². The second kappa shape index (κ2) is 6.27. The molecule has 2 N–H and O–H groups in total. The maximum Gasteiger partial charge on any atom is 0.320 e. The van der Waals surface area contributed by atoms with E-state index in [1.54, 1.807) is 7.11 Å². The maximum absolute atomic E-state index is 11.3. The molecule has 0 amide bonds. The molecule has 2 rings (SSSR count). The Morgan fingerprint density at radius 2 is 2.15 bits per heavy atom. The molecule has 110 valence electrons. The van der Waals surface area contributed by atoms with Gasteiger partial charge in [-0.05, 0) is 48.4 Å². The largest absolute Gasteiger partial charge is 0.497 e. The number of carboxylic acids is 1. The predicted molar refractivity (Wildman–Crippen MR) is 78.2 cm³/mol. The molecule has 0 aromatic heterocycles. The molecule has 2 atom stereocenters. The van der Waals surface area contributed by atoms with Crippen molar-refractivity contribution in [2.45, 2.75) is 45.2 Å². The van der Waals surface area contributed by atoms with Gasteiger partial charge in [-0.1, -0.05) is 19.9 Å². The number of carbonyl (C=O) groups is 1. The van der Waals surface area contributed by atoms with E-state index >= 15 is 0 Å². The summed E-state index contributed by atoms with van der Waals surface area (Å²) < 4.78 is 5.26. The van der Waals surface area contributed by atoms with E-state index in [4.69, 9.17) is 4.74 Å². The Hall–Kier alpha value is -1.55. The predicted octanol–water partition coefficient (Wildman–Crippen LogP) is 2.25. The van der Waals surface area contributed by atoms with Crippen LogP contribution in [0.5, 0.6) is 5.75 Å². The highest BCUT2D eigenvalue weighted by atomic mass is 16.5. The fraction of sp³-hybridized carbons (Fsp3) is 0.562. The van der Waals surface area contributed by atoms with Crippen molar-refractivity contribution >= 4 is 5.97 Å². The van der Waals surface area contributed by atoms with Crippen molar-refractivity contribution in [2.75, 3.05) is 7.11 Å². The molecule has 0 bridgehead atoms. The fourth-order valence-corrected chi connectivity index (χ4v) is 2.81. The summed E-state index contributed by atoms with van der Waals surface area (Å²) in [6.45, 7) is 3.87. The molecule has 0 radical (unpaired) electrons. The molecule has 0 saturated carbocycles. The number of benzene rings is 1. The first-order valence-electron chi connectivity index (χ1n) is 7.16. The van der Waals surface area contributed by atoms with Gasteiger partial charge in [0.1, 0.15) is 11.8 Å². The number of fused-ring (bicyclic) bond motifs is 1. The lowest BCUT2D eigenvalue weighted by Gasteiger charge is -2.30. The van der Waals surface area contributed by atoms with Crippen molar-refractivity contribution < 1.29 is 14.6 Å². The van der Waals surface area contributed by atoms with Crippen LogP contribution in [0.2, 0.25) is 0 Å². The lowest BCUT2D eigenvalue weighted by Crippen LogP contribution is -2.48. The van der Waals surface area contributed by atoms with E-state index in [1.807, 2.05) is 19.9 Å². The summed E-state index contributed by atoms with van der Waals surface area (Å²) in [5.74, 6) is 0.179. The molecule has 0 saturated heterocycles. The van der Waals surface area contributed by atoms with Crippen LogP contribution in [0.15, 0.2) is 18.2 Å². The Kier molecular flexibility index (Phi) is 4.65. The number of hydrogen-bond acceptors (Lipinski definition) is 3. The average Bonchev–Trinajstić information content (AvgIpc) is 2.43. The summed E-state index contributed by atoms with van der Waals surface area (Å²) in [7, 11) is 1.67. The Bertz CT molecular complexity index is 485. The third-order valence-electron chi connectivity index (χ3n) is 3.99. The zero-order chi connectivity index (χ0) is 14.7. The van der Waals surface area contributed by atoms with Gasteiger partial charge in [0.2, 0.25) is 0 Å². The Morgan fingerprint density at radius 1 is 1.40 bits per heavy atom. The first-order valence-corrected chi connectivity index (χ1v) is 7.16. The van der Waals surface area contributed by atoms with Gasteiger partial charge in [0, 0.05) is 6.04 Å². The van der Waals surface area contributed by atoms with Crippen molar-refractivity contribution in [3.63, 3.8) is 0 Å². The Balaban J connectivity index is 2.08. The summed E-state index contributed by atoms with van der Waals surface area (Å²) in [6, 6.07) is 5.90. The van der Waals surface area contributed by atoms with E-state index in [0.717, 1.165) is 25.0 Å². The minimum absolute atomic E-state index is 0.0826. The molecule has 0 fully saturated rings. The maximum atomic E-state index is 11.3. The van der Waals surface area contributed by atoms with Crippen LogP contribution in [0.3, 0.4) is 0 Å². The van der Waals surface area contributed by atoms with Crippen LogP contribution in [0.4, 0.5) is 0 Å². The lowest BCUT2D eigenvalue weighted by molar-refractivity contribution is -0.140. The highest BCUT2D eigenvalue weighted by Crippen LogP contribution is 2.26. The number of aryl methyl sites for hydroxylation is 1. The molecular formula is C16H23NO3. The molecule has 1 aromatic rings. The summed E-state index contributed by atoms with van der Waals surface area (Å²) >= 11 is 0. The molecule has 1 aliphatic carbocycles. The first-order chi connectivity index (χ1) is 9.51. The number of carboxylic acid groups (broad SMARTS) is 1. The van der Waals surface area contributed by atoms with Gasteiger partial charge >= 0.3 is 5.97 Å². The van der Waals surface area contributed by atoms with E-state index in [9.17, 15) is 9.90 Å². The lowest BCUT2D eigenvalue weighted by atomic mass is 9.87. The molecule has 4 heteroatoms. The first kappa shape index (κ1) is 14.9. The molecule has 0 spiro atoms. The highest BCUT2D eigenvalue weighted by molar-refractivity contribution is 5.73. The molecule has 20 heavy (non-hydrogen) atoms. The number of methoxy groups -OCH3 is 1. The number of aliphatic carboxylic acids is 1. The van der Waals surface area contributed by atoms with E-state index in [0.29, 0.717) is 0 Å². The van der Waals surface area contributed by atoms with Crippen LogP contribution >= 0.6 is 0 Å².